The summed E-state index contributed by atoms with van der Waals surface area (Å²) in [4.78, 5) is 27.2. The highest BCUT2D eigenvalue weighted by Gasteiger charge is 2.26. The minimum absolute atomic E-state index is 0.0216. The molecule has 0 spiro atoms. The van der Waals surface area contributed by atoms with Gasteiger partial charge in [-0.2, -0.15) is 0 Å². The van der Waals surface area contributed by atoms with E-state index in [2.05, 4.69) is 5.32 Å². The number of aryl methyl sites for hydroxylation is 1. The minimum atomic E-state index is -3.92. The van der Waals surface area contributed by atoms with E-state index in [1.54, 1.807) is 34.9 Å². The molecule has 2 heterocycles. The topological polar surface area (TPSA) is 88.5 Å². The zero-order valence-corrected chi connectivity index (χ0v) is 18.9. The Bertz CT molecular complexity index is 1260. The van der Waals surface area contributed by atoms with Crippen LogP contribution in [0.5, 0.6) is 0 Å². The average Bonchev–Trinajstić information content (AvgIpc) is 3.15. The molecular weight excluding hydrogens is 426 g/mol. The summed E-state index contributed by atoms with van der Waals surface area (Å²) in [5.74, 6) is -1.29. The second-order valence-corrected chi connectivity index (χ2v) is 10.2. The van der Waals surface area contributed by atoms with Crippen molar-refractivity contribution >= 4 is 38.2 Å². The quantitative estimate of drug-likeness (QED) is 0.620. The molecule has 1 aliphatic rings. The summed E-state index contributed by atoms with van der Waals surface area (Å²) in [6, 6.07) is 14.3. The van der Waals surface area contributed by atoms with Crippen LogP contribution < -0.4 is 5.32 Å². The number of amides is 2. The zero-order valence-electron chi connectivity index (χ0n) is 18.1. The summed E-state index contributed by atoms with van der Waals surface area (Å²) in [5, 5.41) is 3.20. The van der Waals surface area contributed by atoms with Crippen LogP contribution in [-0.2, 0) is 26.0 Å². The van der Waals surface area contributed by atoms with E-state index in [4.69, 9.17) is 0 Å². The Morgan fingerprint density at radius 3 is 2.41 bits per heavy atom. The molecule has 168 valence electrons. The smallest absolute Gasteiger partial charge is 0.242 e. The third-order valence-electron chi connectivity index (χ3n) is 5.84. The Labute approximate surface area is 187 Å². The fourth-order valence-electron chi connectivity index (χ4n) is 4.13. The molecule has 0 unspecified atom stereocenters. The number of carbonyl (C=O) groups is 2. The van der Waals surface area contributed by atoms with Crippen LogP contribution >= 0.6 is 0 Å². The van der Waals surface area contributed by atoms with Crippen molar-refractivity contribution in [1.29, 1.82) is 0 Å². The van der Waals surface area contributed by atoms with Gasteiger partial charge in [-0.3, -0.25) is 9.59 Å². The summed E-state index contributed by atoms with van der Waals surface area (Å²) in [7, 11) is -3.92. The number of sulfone groups is 1. The standard InChI is InChI=1S/C24H27N3O4S/c1-18-9-3-5-11-20(18)25-23(28)17-32(30,31)22-15-27(21-12-6-4-10-19(21)22)16-24(29)26-13-7-2-8-14-26/h3-6,9-12,15H,2,7-8,13-14,16-17H2,1H3,(H,25,28). The highest BCUT2D eigenvalue weighted by molar-refractivity contribution is 7.92. The van der Waals surface area contributed by atoms with E-state index < -0.39 is 21.5 Å². The second kappa shape index (κ2) is 9.16. The number of piperidine rings is 1. The van der Waals surface area contributed by atoms with Crippen LogP contribution in [0.3, 0.4) is 0 Å². The molecule has 7 nitrogen and oxygen atoms in total. The number of hydrogen-bond donors (Lipinski definition) is 1. The fraction of sp³-hybridized carbons (Fsp3) is 0.333. The highest BCUT2D eigenvalue weighted by Crippen LogP contribution is 2.27. The Kier molecular flexibility index (Phi) is 6.32. The van der Waals surface area contributed by atoms with Gasteiger partial charge in [-0.25, -0.2) is 8.42 Å². The van der Waals surface area contributed by atoms with E-state index in [1.165, 1.54) is 6.20 Å². The lowest BCUT2D eigenvalue weighted by Crippen LogP contribution is -2.37. The van der Waals surface area contributed by atoms with E-state index in [-0.39, 0.29) is 17.3 Å². The van der Waals surface area contributed by atoms with Gasteiger partial charge in [-0.1, -0.05) is 36.4 Å². The highest BCUT2D eigenvalue weighted by atomic mass is 32.2. The van der Waals surface area contributed by atoms with Gasteiger partial charge >= 0.3 is 0 Å². The molecule has 1 aromatic heterocycles. The van der Waals surface area contributed by atoms with Crippen LogP contribution in [0, 0.1) is 6.92 Å². The van der Waals surface area contributed by atoms with Gasteiger partial charge in [0.05, 0.1) is 4.90 Å². The van der Waals surface area contributed by atoms with Crippen LogP contribution in [0.25, 0.3) is 10.9 Å². The maximum Gasteiger partial charge on any atom is 0.242 e. The third-order valence-corrected chi connectivity index (χ3v) is 7.48. The fourth-order valence-corrected chi connectivity index (χ4v) is 5.50. The van der Waals surface area contributed by atoms with Crippen LogP contribution in [-0.4, -0.2) is 48.5 Å². The number of para-hydroxylation sites is 2. The maximum absolute atomic E-state index is 13.2. The molecule has 1 saturated heterocycles. The zero-order chi connectivity index (χ0) is 22.7. The predicted molar refractivity (Wildman–Crippen MR) is 124 cm³/mol. The number of nitrogens with one attached hydrogen (secondary N) is 1. The average molecular weight is 454 g/mol. The predicted octanol–water partition coefficient (Wildman–Crippen LogP) is 3.37. The molecule has 3 aromatic rings. The molecule has 0 radical (unpaired) electrons. The van der Waals surface area contributed by atoms with Crippen LogP contribution in [0.15, 0.2) is 59.6 Å². The lowest BCUT2D eigenvalue weighted by molar-refractivity contribution is -0.132. The normalized spacial score (nSPS) is 14.5. The molecule has 1 aliphatic heterocycles. The van der Waals surface area contributed by atoms with Gasteiger partial charge in [-0.15, -0.1) is 0 Å². The molecule has 32 heavy (non-hydrogen) atoms. The molecule has 0 aliphatic carbocycles. The van der Waals surface area contributed by atoms with Crippen molar-refractivity contribution in [3.05, 3.63) is 60.3 Å². The van der Waals surface area contributed by atoms with Gasteiger partial charge in [0.2, 0.25) is 11.8 Å². The Morgan fingerprint density at radius 1 is 0.969 bits per heavy atom. The van der Waals surface area contributed by atoms with E-state index in [9.17, 15) is 18.0 Å². The number of likely N-dealkylation sites (tertiary alicyclic amines) is 1. The van der Waals surface area contributed by atoms with Crippen molar-refractivity contribution in [2.24, 2.45) is 0 Å². The largest absolute Gasteiger partial charge is 0.341 e. The van der Waals surface area contributed by atoms with E-state index >= 15 is 0 Å². The first-order chi connectivity index (χ1) is 15.3. The summed E-state index contributed by atoms with van der Waals surface area (Å²) >= 11 is 0. The Morgan fingerprint density at radius 2 is 1.66 bits per heavy atom. The molecule has 2 amide bonds. The van der Waals surface area contributed by atoms with E-state index in [0.29, 0.717) is 16.6 Å². The minimum Gasteiger partial charge on any atom is -0.341 e. The molecule has 8 heteroatoms. The number of carbonyl (C=O) groups excluding carboxylic acids is 2. The van der Waals surface area contributed by atoms with E-state index in [1.807, 2.05) is 30.0 Å². The Balaban J connectivity index is 1.58. The number of hydrogen-bond acceptors (Lipinski definition) is 4. The van der Waals surface area contributed by atoms with Gasteiger partial charge in [0.1, 0.15) is 12.3 Å². The van der Waals surface area contributed by atoms with Gasteiger partial charge < -0.3 is 14.8 Å². The monoisotopic (exact) mass is 453 g/mol. The van der Waals surface area contributed by atoms with E-state index in [0.717, 1.165) is 37.9 Å². The van der Waals surface area contributed by atoms with Crippen molar-refractivity contribution in [1.82, 2.24) is 9.47 Å². The molecular formula is C24H27N3O4S. The summed E-state index contributed by atoms with van der Waals surface area (Å²) in [6.45, 7) is 3.40. The summed E-state index contributed by atoms with van der Waals surface area (Å²) in [5.41, 5.74) is 2.10. The number of fused-ring (bicyclic) bond motifs is 1. The SMILES string of the molecule is Cc1ccccc1NC(=O)CS(=O)(=O)c1cn(CC(=O)N2CCCCC2)c2ccccc12. The molecule has 1 N–H and O–H groups in total. The van der Waals surface area contributed by atoms with Crippen molar-refractivity contribution in [3.63, 3.8) is 0 Å². The first kappa shape index (κ1) is 22.1. The molecule has 4 rings (SSSR count). The number of rotatable bonds is 6. The number of nitrogens with zero attached hydrogens (tertiary/aromatic N) is 2. The van der Waals surface area contributed by atoms with Gasteiger partial charge in [-0.05, 0) is 43.9 Å². The van der Waals surface area contributed by atoms with Gasteiger partial charge in [0, 0.05) is 35.9 Å². The first-order valence-corrected chi connectivity index (χ1v) is 12.4. The van der Waals surface area contributed by atoms with Crippen LogP contribution in [0.2, 0.25) is 0 Å². The van der Waals surface area contributed by atoms with Crippen molar-refractivity contribution in [2.45, 2.75) is 37.6 Å². The van der Waals surface area contributed by atoms with Crippen molar-refractivity contribution in [3.8, 4) is 0 Å². The molecule has 0 atom stereocenters. The maximum atomic E-state index is 13.2. The lowest BCUT2D eigenvalue weighted by atomic mass is 10.1. The third kappa shape index (κ3) is 4.70. The number of benzene rings is 2. The number of anilines is 1. The Hall–Kier alpha value is -3.13. The second-order valence-electron chi connectivity index (χ2n) is 8.20. The van der Waals surface area contributed by atoms with Crippen molar-refractivity contribution in [2.75, 3.05) is 24.2 Å². The van der Waals surface area contributed by atoms with Crippen LogP contribution in [0.1, 0.15) is 24.8 Å². The lowest BCUT2D eigenvalue weighted by Gasteiger charge is -2.27. The molecule has 0 bridgehead atoms. The molecule has 1 fully saturated rings. The van der Waals surface area contributed by atoms with Gasteiger partial charge in [0.15, 0.2) is 9.84 Å². The van der Waals surface area contributed by atoms with Gasteiger partial charge in [0.25, 0.3) is 0 Å². The first-order valence-electron chi connectivity index (χ1n) is 10.8. The van der Waals surface area contributed by atoms with Crippen molar-refractivity contribution < 1.29 is 18.0 Å². The van der Waals surface area contributed by atoms with Crippen LogP contribution in [0.4, 0.5) is 5.69 Å². The summed E-state index contributed by atoms with van der Waals surface area (Å²) in [6.07, 6.45) is 4.60. The number of aromatic nitrogens is 1. The summed E-state index contributed by atoms with van der Waals surface area (Å²) < 4.78 is 28.0. The molecule has 0 saturated carbocycles. The molecule has 2 aromatic carbocycles.